The number of carbonyl (C=O) groups is 2. The molecule has 0 aromatic heterocycles. The number of carbonyl (C=O) groups excluding carboxylic acids is 1. The Hall–Kier alpha value is -1.10. The van der Waals surface area contributed by atoms with Gasteiger partial charge in [-0.25, -0.2) is 0 Å². The van der Waals surface area contributed by atoms with Crippen LogP contribution in [0.4, 0.5) is 0 Å². The van der Waals surface area contributed by atoms with Crippen LogP contribution in [0.3, 0.4) is 0 Å². The maximum Gasteiger partial charge on any atom is 0.306 e. The number of likely N-dealkylation sites (N-methyl/N-ethyl adjacent to an activating group) is 1. The minimum Gasteiger partial charge on any atom is -0.481 e. The molecule has 1 amide bonds. The number of ether oxygens (including phenoxy) is 1. The van der Waals surface area contributed by atoms with Crippen molar-refractivity contribution in [2.45, 2.75) is 44.8 Å². The first-order valence-corrected chi connectivity index (χ1v) is 6.61. The number of carboxylic acids is 1. The quantitative estimate of drug-likeness (QED) is 0.820. The molecule has 0 aromatic rings. The number of rotatable bonds is 3. The van der Waals surface area contributed by atoms with Crippen LogP contribution in [0.25, 0.3) is 0 Å². The van der Waals surface area contributed by atoms with Gasteiger partial charge in [0.2, 0.25) is 5.91 Å². The summed E-state index contributed by atoms with van der Waals surface area (Å²) in [5, 5.41) is 8.96. The number of carboxylic acid groups (broad SMARTS) is 1. The van der Waals surface area contributed by atoms with Gasteiger partial charge in [-0.3, -0.25) is 9.59 Å². The average molecular weight is 255 g/mol. The fraction of sp³-hybridized carbons (Fsp3) is 0.846. The van der Waals surface area contributed by atoms with E-state index in [1.165, 1.54) is 0 Å². The van der Waals surface area contributed by atoms with E-state index >= 15 is 0 Å². The van der Waals surface area contributed by atoms with Gasteiger partial charge in [-0.1, -0.05) is 0 Å². The Labute approximate surface area is 107 Å². The Morgan fingerprint density at radius 1 is 1.22 bits per heavy atom. The Morgan fingerprint density at radius 3 is 2.39 bits per heavy atom. The van der Waals surface area contributed by atoms with Crippen LogP contribution in [0.2, 0.25) is 0 Å². The lowest BCUT2D eigenvalue weighted by molar-refractivity contribution is -0.142. The molecule has 1 aliphatic heterocycles. The number of aliphatic carboxylic acids is 1. The van der Waals surface area contributed by atoms with Crippen molar-refractivity contribution in [1.29, 1.82) is 0 Å². The molecule has 0 spiro atoms. The van der Waals surface area contributed by atoms with Gasteiger partial charge in [0.15, 0.2) is 0 Å². The number of amides is 1. The molecule has 1 N–H and O–H groups in total. The lowest BCUT2D eigenvalue weighted by Gasteiger charge is -2.29. The predicted octanol–water partition coefficient (Wildman–Crippen LogP) is 1.12. The largest absolute Gasteiger partial charge is 0.481 e. The first kappa shape index (κ1) is 13.3. The summed E-state index contributed by atoms with van der Waals surface area (Å²) in [6, 6.07) is 0.140. The maximum absolute atomic E-state index is 12.3. The van der Waals surface area contributed by atoms with Crippen LogP contribution >= 0.6 is 0 Å². The minimum atomic E-state index is -0.773. The van der Waals surface area contributed by atoms with E-state index in [2.05, 4.69) is 0 Å². The normalized spacial score (nSPS) is 35.7. The molecule has 1 heterocycles. The molecule has 1 saturated heterocycles. The van der Waals surface area contributed by atoms with Crippen molar-refractivity contribution in [3.8, 4) is 0 Å². The second kappa shape index (κ2) is 5.26. The molecule has 102 valence electrons. The van der Waals surface area contributed by atoms with Gasteiger partial charge in [0.1, 0.15) is 0 Å². The predicted molar refractivity (Wildman–Crippen MR) is 65.1 cm³/mol. The Balaban J connectivity index is 1.93. The van der Waals surface area contributed by atoms with E-state index in [9.17, 15) is 9.59 Å². The van der Waals surface area contributed by atoms with Crippen LogP contribution < -0.4 is 0 Å². The third kappa shape index (κ3) is 2.51. The molecule has 2 fully saturated rings. The molecule has 0 radical (unpaired) electrons. The summed E-state index contributed by atoms with van der Waals surface area (Å²) in [5.41, 5.74) is 0. The van der Waals surface area contributed by atoms with Gasteiger partial charge in [0.25, 0.3) is 0 Å². The third-order valence-electron chi connectivity index (χ3n) is 4.31. The average Bonchev–Trinajstić information content (AvgIpc) is 2.95. The van der Waals surface area contributed by atoms with Crippen molar-refractivity contribution in [1.82, 2.24) is 4.90 Å². The highest BCUT2D eigenvalue weighted by atomic mass is 16.5. The standard InChI is InChI=1S/C13H21NO4/c1-8-11(5-6-18-8)14(2)12(15)9-3-4-10(7-9)13(16)17/h8-11H,3-7H2,1-2H3,(H,16,17). The van der Waals surface area contributed by atoms with Crippen molar-refractivity contribution in [3.05, 3.63) is 0 Å². The van der Waals surface area contributed by atoms with Crippen molar-refractivity contribution >= 4 is 11.9 Å². The summed E-state index contributed by atoms with van der Waals surface area (Å²) in [4.78, 5) is 25.0. The molecule has 0 aromatic carbocycles. The van der Waals surface area contributed by atoms with E-state index in [-0.39, 0.29) is 29.9 Å². The van der Waals surface area contributed by atoms with E-state index < -0.39 is 5.97 Å². The van der Waals surface area contributed by atoms with Gasteiger partial charge < -0.3 is 14.7 Å². The minimum absolute atomic E-state index is 0.0793. The summed E-state index contributed by atoms with van der Waals surface area (Å²) in [6.45, 7) is 2.68. The lowest BCUT2D eigenvalue weighted by atomic mass is 10.0. The van der Waals surface area contributed by atoms with E-state index in [1.807, 2.05) is 14.0 Å². The van der Waals surface area contributed by atoms with Crippen LogP contribution in [-0.4, -0.2) is 47.7 Å². The van der Waals surface area contributed by atoms with Gasteiger partial charge in [0.05, 0.1) is 18.1 Å². The van der Waals surface area contributed by atoms with E-state index in [0.29, 0.717) is 25.9 Å². The first-order valence-electron chi connectivity index (χ1n) is 6.61. The Bertz CT molecular complexity index is 344. The molecule has 1 saturated carbocycles. The smallest absolute Gasteiger partial charge is 0.306 e. The summed E-state index contributed by atoms with van der Waals surface area (Å²) < 4.78 is 5.47. The Morgan fingerprint density at radius 2 is 1.89 bits per heavy atom. The van der Waals surface area contributed by atoms with Gasteiger partial charge in [0, 0.05) is 19.6 Å². The molecule has 1 aliphatic carbocycles. The second-order valence-electron chi connectivity index (χ2n) is 5.43. The van der Waals surface area contributed by atoms with Crippen molar-refractivity contribution < 1.29 is 19.4 Å². The lowest BCUT2D eigenvalue weighted by Crippen LogP contribution is -2.43. The fourth-order valence-corrected chi connectivity index (χ4v) is 3.11. The first-order chi connectivity index (χ1) is 8.50. The summed E-state index contributed by atoms with van der Waals surface area (Å²) in [6.07, 6.45) is 2.76. The third-order valence-corrected chi connectivity index (χ3v) is 4.31. The van der Waals surface area contributed by atoms with Gasteiger partial charge in [-0.15, -0.1) is 0 Å². The molecule has 2 rings (SSSR count). The zero-order valence-corrected chi connectivity index (χ0v) is 11.0. The molecular weight excluding hydrogens is 234 g/mol. The summed E-state index contributed by atoms with van der Waals surface area (Å²) in [7, 11) is 1.81. The number of nitrogens with zero attached hydrogens (tertiary/aromatic N) is 1. The van der Waals surface area contributed by atoms with E-state index in [0.717, 1.165) is 6.42 Å². The second-order valence-corrected chi connectivity index (χ2v) is 5.43. The molecule has 18 heavy (non-hydrogen) atoms. The highest BCUT2D eigenvalue weighted by molar-refractivity contribution is 5.81. The molecule has 4 atom stereocenters. The highest BCUT2D eigenvalue weighted by Crippen LogP contribution is 2.33. The fourth-order valence-electron chi connectivity index (χ4n) is 3.11. The van der Waals surface area contributed by atoms with Gasteiger partial charge >= 0.3 is 5.97 Å². The molecule has 5 heteroatoms. The molecule has 5 nitrogen and oxygen atoms in total. The molecular formula is C13H21NO4. The van der Waals surface area contributed by atoms with E-state index in [4.69, 9.17) is 9.84 Å². The van der Waals surface area contributed by atoms with E-state index in [1.54, 1.807) is 4.90 Å². The topological polar surface area (TPSA) is 66.8 Å². The molecule has 4 unspecified atom stereocenters. The summed E-state index contributed by atoms with van der Waals surface area (Å²) >= 11 is 0. The molecule has 2 aliphatic rings. The number of hydrogen-bond acceptors (Lipinski definition) is 3. The van der Waals surface area contributed by atoms with Crippen molar-refractivity contribution in [2.75, 3.05) is 13.7 Å². The van der Waals surface area contributed by atoms with Crippen LogP contribution in [0.1, 0.15) is 32.6 Å². The SMILES string of the molecule is CC1OCCC1N(C)C(=O)C1CCC(C(=O)O)C1. The van der Waals surface area contributed by atoms with Gasteiger partial charge in [-0.05, 0) is 32.6 Å². The van der Waals surface area contributed by atoms with Crippen molar-refractivity contribution in [3.63, 3.8) is 0 Å². The zero-order chi connectivity index (χ0) is 13.3. The van der Waals surface area contributed by atoms with Crippen LogP contribution in [0, 0.1) is 11.8 Å². The van der Waals surface area contributed by atoms with Crippen LogP contribution in [-0.2, 0) is 14.3 Å². The number of hydrogen-bond donors (Lipinski definition) is 1. The molecule has 0 bridgehead atoms. The maximum atomic E-state index is 12.3. The van der Waals surface area contributed by atoms with Crippen LogP contribution in [0.15, 0.2) is 0 Å². The van der Waals surface area contributed by atoms with Crippen molar-refractivity contribution in [2.24, 2.45) is 11.8 Å². The highest BCUT2D eigenvalue weighted by Gasteiger charge is 2.38. The monoisotopic (exact) mass is 255 g/mol. The summed E-state index contributed by atoms with van der Waals surface area (Å²) in [5.74, 6) is -1.15. The van der Waals surface area contributed by atoms with Crippen LogP contribution in [0.5, 0.6) is 0 Å². The van der Waals surface area contributed by atoms with Gasteiger partial charge in [-0.2, -0.15) is 0 Å². The Kier molecular flexibility index (Phi) is 3.90. The zero-order valence-electron chi connectivity index (χ0n) is 11.0.